The molecule has 0 unspecified atom stereocenters. The SMILES string of the molecule is CCCCCCCCCCCCCCCCCC(=O)OCC(COC(=O)CCCCCCCCCCCCCCCCC)(COC(=O)CCCCCCCCCCCCCCCCC)COC(=O)CCCCCCCCCCCCCCCCC.CCCCCCCCCCCCCCCCCC(=O)[O-].CCCCCCCCCCCCCCCCCC(=O)[O-].[Ca+2]. The van der Waals surface area contributed by atoms with Crippen molar-refractivity contribution in [1.29, 1.82) is 0 Å². The first-order valence-corrected chi connectivity index (χ1v) is 56.4. The Morgan fingerprint density at radius 2 is 0.238 bits per heavy atom. The smallest absolute Gasteiger partial charge is 0.550 e. The Kier molecular flexibility index (Phi) is 119. The molecule has 0 rings (SSSR count). The van der Waals surface area contributed by atoms with Crippen molar-refractivity contribution in [3.8, 4) is 0 Å². The zero-order valence-corrected chi connectivity index (χ0v) is 88.0. The van der Waals surface area contributed by atoms with Crippen LogP contribution < -0.4 is 10.2 Å². The summed E-state index contributed by atoms with van der Waals surface area (Å²) >= 11 is 0. The maximum atomic E-state index is 13.4. The number of rotatable bonds is 104. The van der Waals surface area contributed by atoms with Gasteiger partial charge < -0.3 is 38.7 Å². The second-order valence-corrected chi connectivity index (χ2v) is 39.1. The van der Waals surface area contributed by atoms with E-state index < -0.39 is 17.4 Å². The van der Waals surface area contributed by atoms with Gasteiger partial charge in [-0.25, -0.2) is 0 Å². The van der Waals surface area contributed by atoms with E-state index in [1.165, 1.54) is 475 Å². The van der Waals surface area contributed by atoms with E-state index in [0.29, 0.717) is 25.7 Å². The molecule has 0 N–H and O–H groups in total. The van der Waals surface area contributed by atoms with Gasteiger partial charge in [0.1, 0.15) is 31.8 Å². The maximum Gasteiger partial charge on any atom is 2.00 e. The largest absolute Gasteiger partial charge is 2.00 e. The van der Waals surface area contributed by atoms with Gasteiger partial charge >= 0.3 is 61.6 Å². The van der Waals surface area contributed by atoms with Crippen molar-refractivity contribution in [2.45, 2.75) is 658 Å². The number of carboxylic acids is 2. The van der Waals surface area contributed by atoms with E-state index in [2.05, 4.69) is 41.5 Å². The number of esters is 4. The molecular formula is C113H218CaO12. The van der Waals surface area contributed by atoms with Gasteiger partial charge in [-0.15, -0.1) is 0 Å². The summed E-state index contributed by atoms with van der Waals surface area (Å²) in [5.74, 6) is -3.10. The molecule has 0 aromatic carbocycles. The number of hydrogen-bond acceptors (Lipinski definition) is 12. The third kappa shape index (κ3) is 116. The molecule has 0 aliphatic heterocycles. The van der Waals surface area contributed by atoms with Crippen molar-refractivity contribution in [2.24, 2.45) is 5.41 Å². The summed E-state index contributed by atoms with van der Waals surface area (Å²) in [5, 5.41) is 20.4. The molecule has 0 atom stereocenters. The molecule has 126 heavy (non-hydrogen) atoms. The second-order valence-electron chi connectivity index (χ2n) is 39.1. The Hall–Kier alpha value is -1.92. The Morgan fingerprint density at radius 1 is 0.151 bits per heavy atom. The first-order valence-electron chi connectivity index (χ1n) is 56.4. The van der Waals surface area contributed by atoms with Gasteiger partial charge in [0.15, 0.2) is 0 Å². The molecular weight excluding hydrogens is 1590 g/mol. The molecule has 0 saturated carbocycles. The van der Waals surface area contributed by atoms with Crippen LogP contribution in [-0.2, 0) is 47.7 Å². The average Bonchev–Trinajstić information content (AvgIpc) is 0.851. The third-order valence-electron chi connectivity index (χ3n) is 26.1. The van der Waals surface area contributed by atoms with Crippen LogP contribution in [0.1, 0.15) is 658 Å². The van der Waals surface area contributed by atoms with Crippen molar-refractivity contribution in [1.82, 2.24) is 0 Å². The van der Waals surface area contributed by atoms with Gasteiger partial charge in [0, 0.05) is 37.6 Å². The minimum Gasteiger partial charge on any atom is -0.550 e. The molecule has 744 valence electrons. The van der Waals surface area contributed by atoms with Crippen molar-refractivity contribution < 1.29 is 57.9 Å². The predicted octanol–water partition coefficient (Wildman–Crippen LogP) is 34.8. The van der Waals surface area contributed by atoms with Crippen molar-refractivity contribution in [2.75, 3.05) is 26.4 Å². The molecule has 0 saturated heterocycles. The van der Waals surface area contributed by atoms with E-state index in [1.807, 2.05) is 0 Å². The molecule has 0 aliphatic carbocycles. The Bertz CT molecular complexity index is 1890. The fourth-order valence-electron chi connectivity index (χ4n) is 17.3. The van der Waals surface area contributed by atoms with Gasteiger partial charge in [-0.3, -0.25) is 19.2 Å². The molecule has 13 heteroatoms. The Balaban J connectivity index is -0.00000147. The van der Waals surface area contributed by atoms with Crippen LogP contribution in [0.15, 0.2) is 0 Å². The van der Waals surface area contributed by atoms with Crippen LogP contribution in [0.25, 0.3) is 0 Å². The number of carbonyl (C=O) groups excluding carboxylic acids is 6. The van der Waals surface area contributed by atoms with Gasteiger partial charge in [-0.2, -0.15) is 0 Å². The summed E-state index contributed by atoms with van der Waals surface area (Å²) in [6.07, 6.45) is 116. The van der Waals surface area contributed by atoms with E-state index in [-0.39, 0.29) is 101 Å². The van der Waals surface area contributed by atoms with Crippen molar-refractivity contribution in [3.63, 3.8) is 0 Å². The summed E-state index contributed by atoms with van der Waals surface area (Å²) in [6.45, 7) is 13.0. The van der Waals surface area contributed by atoms with E-state index in [4.69, 9.17) is 18.9 Å². The number of hydrogen-bond donors (Lipinski definition) is 0. The molecule has 0 aromatic heterocycles. The number of unbranched alkanes of at least 4 members (excludes halogenated alkanes) is 84. The normalized spacial score (nSPS) is 11.3. The summed E-state index contributed by atoms with van der Waals surface area (Å²) in [5.41, 5.74) is -1.20. The standard InChI is InChI=1S/C77H148O8.2C18H36O2.Ca/c1-5-9-13-17-21-25-29-33-37-41-45-49-53-57-61-65-73(78)82-69-77(70-83-74(79)66-62-58-54-50-46-42-38-34-30-26-22-18-14-10-6-2,71-84-75(80)67-63-59-55-51-47-43-39-35-31-27-23-19-15-11-7-3)72-85-76(81)68-64-60-56-52-48-44-40-36-32-28-24-20-16-12-8-4;2*1-2-3-4-5-6-7-8-9-10-11-12-13-14-15-16-17-18(19)20;/h5-72H2,1-4H3;2*2-17H2,1H3,(H,19,20);/q;;;+2/p-2. The summed E-state index contributed by atoms with van der Waals surface area (Å²) in [7, 11) is 0. The molecule has 0 amide bonds. The summed E-state index contributed by atoms with van der Waals surface area (Å²) in [4.78, 5) is 74.0. The topological polar surface area (TPSA) is 185 Å². The molecule has 0 fully saturated rings. The molecule has 0 aromatic rings. The van der Waals surface area contributed by atoms with Gasteiger partial charge in [-0.05, 0) is 51.4 Å². The molecule has 0 radical (unpaired) electrons. The monoisotopic (exact) mass is 1810 g/mol. The summed E-state index contributed by atoms with van der Waals surface area (Å²) < 4.78 is 23.9. The van der Waals surface area contributed by atoms with E-state index in [0.717, 1.165) is 103 Å². The number of carboxylic acid groups (broad SMARTS) is 2. The van der Waals surface area contributed by atoms with Crippen LogP contribution in [0.3, 0.4) is 0 Å². The van der Waals surface area contributed by atoms with Gasteiger partial charge in [-0.1, -0.05) is 581 Å². The fourth-order valence-corrected chi connectivity index (χ4v) is 17.3. The van der Waals surface area contributed by atoms with E-state index in [1.54, 1.807) is 0 Å². The molecule has 12 nitrogen and oxygen atoms in total. The maximum absolute atomic E-state index is 13.4. The van der Waals surface area contributed by atoms with Crippen LogP contribution in [0.4, 0.5) is 0 Å². The van der Waals surface area contributed by atoms with Gasteiger partial charge in [0.05, 0.1) is 0 Å². The number of ether oxygens (including phenoxy) is 4. The second kappa shape index (κ2) is 115. The van der Waals surface area contributed by atoms with E-state index in [9.17, 15) is 39.0 Å². The minimum atomic E-state index is -1.20. The quantitative estimate of drug-likeness (QED) is 0.0243. The zero-order chi connectivity index (χ0) is 91.5. The van der Waals surface area contributed by atoms with Crippen LogP contribution in [-0.4, -0.2) is 100.0 Å². The zero-order valence-electron chi connectivity index (χ0n) is 85.8. The first-order chi connectivity index (χ1) is 61.4. The first kappa shape index (κ1) is 130. The molecule has 0 aliphatic rings. The number of carbonyl (C=O) groups is 6. The van der Waals surface area contributed by atoms with E-state index >= 15 is 0 Å². The molecule has 0 bridgehead atoms. The Morgan fingerprint density at radius 3 is 0.333 bits per heavy atom. The molecule has 0 heterocycles. The minimum absolute atomic E-state index is 0. The van der Waals surface area contributed by atoms with Gasteiger partial charge in [0.2, 0.25) is 0 Å². The fraction of sp³-hybridized carbons (Fsp3) is 0.947. The van der Waals surface area contributed by atoms with Crippen LogP contribution in [0.5, 0.6) is 0 Å². The molecule has 0 spiro atoms. The number of aliphatic carboxylic acids is 2. The summed E-state index contributed by atoms with van der Waals surface area (Å²) in [6, 6.07) is 0. The van der Waals surface area contributed by atoms with Crippen molar-refractivity contribution in [3.05, 3.63) is 0 Å². The van der Waals surface area contributed by atoms with Gasteiger partial charge in [0.25, 0.3) is 0 Å². The third-order valence-corrected chi connectivity index (χ3v) is 26.1. The average molecular weight is 1810 g/mol. The predicted molar refractivity (Wildman–Crippen MR) is 539 cm³/mol. The van der Waals surface area contributed by atoms with Crippen LogP contribution in [0, 0.1) is 5.41 Å². The van der Waals surface area contributed by atoms with Crippen LogP contribution >= 0.6 is 0 Å². The van der Waals surface area contributed by atoms with Crippen molar-refractivity contribution >= 4 is 73.6 Å². The van der Waals surface area contributed by atoms with Crippen LogP contribution in [0.2, 0.25) is 0 Å². The Labute approximate surface area is 815 Å².